The summed E-state index contributed by atoms with van der Waals surface area (Å²) in [5.41, 5.74) is 0.510. The number of aromatic nitrogens is 1. The van der Waals surface area contributed by atoms with Gasteiger partial charge in [0.05, 0.1) is 6.10 Å². The molecular formula is C8H12N2O2. The Balaban J connectivity index is 2.40. The number of aliphatic hydroxyl groups excluding tert-OH is 1. The minimum atomic E-state index is -0.510. The molecule has 0 unspecified atom stereocenters. The van der Waals surface area contributed by atoms with E-state index in [2.05, 4.69) is 10.3 Å². The number of H-pyrrole nitrogens is 1. The van der Waals surface area contributed by atoms with Gasteiger partial charge in [-0.25, -0.2) is 0 Å². The first-order valence-electron chi connectivity index (χ1n) is 3.80. The van der Waals surface area contributed by atoms with Crippen molar-refractivity contribution in [3.8, 4) is 0 Å². The van der Waals surface area contributed by atoms with Crippen molar-refractivity contribution in [3.05, 3.63) is 24.0 Å². The minimum absolute atomic E-state index is 0.194. The summed E-state index contributed by atoms with van der Waals surface area (Å²) in [6.07, 6.45) is 1.17. The normalized spacial score (nSPS) is 12.5. The van der Waals surface area contributed by atoms with E-state index in [-0.39, 0.29) is 12.5 Å². The summed E-state index contributed by atoms with van der Waals surface area (Å²) in [4.78, 5) is 13.9. The topological polar surface area (TPSA) is 65.1 Å². The van der Waals surface area contributed by atoms with Crippen LogP contribution in [0.2, 0.25) is 0 Å². The van der Waals surface area contributed by atoms with E-state index in [1.807, 2.05) is 0 Å². The zero-order chi connectivity index (χ0) is 8.97. The van der Waals surface area contributed by atoms with Crippen LogP contribution in [0.5, 0.6) is 0 Å². The van der Waals surface area contributed by atoms with E-state index in [0.717, 1.165) is 0 Å². The van der Waals surface area contributed by atoms with Crippen LogP contribution in [0.15, 0.2) is 18.3 Å². The van der Waals surface area contributed by atoms with Crippen LogP contribution in [0.1, 0.15) is 17.4 Å². The smallest absolute Gasteiger partial charge is 0.267 e. The van der Waals surface area contributed by atoms with E-state index >= 15 is 0 Å². The molecule has 0 aromatic carbocycles. The summed E-state index contributed by atoms with van der Waals surface area (Å²) >= 11 is 0. The average molecular weight is 168 g/mol. The van der Waals surface area contributed by atoms with Gasteiger partial charge in [0.2, 0.25) is 0 Å². The van der Waals surface area contributed by atoms with Crippen LogP contribution in [0.4, 0.5) is 0 Å². The molecule has 0 spiro atoms. The molecule has 0 aliphatic rings. The first kappa shape index (κ1) is 8.80. The molecule has 12 heavy (non-hydrogen) atoms. The number of carbonyl (C=O) groups excluding carboxylic acids is 1. The van der Waals surface area contributed by atoms with E-state index in [1.54, 1.807) is 25.3 Å². The lowest BCUT2D eigenvalue weighted by Crippen LogP contribution is -2.30. The molecule has 4 nitrogen and oxygen atoms in total. The minimum Gasteiger partial charge on any atom is -0.392 e. The molecule has 0 saturated heterocycles. The second kappa shape index (κ2) is 3.92. The van der Waals surface area contributed by atoms with Crippen LogP contribution >= 0.6 is 0 Å². The monoisotopic (exact) mass is 168 g/mol. The summed E-state index contributed by atoms with van der Waals surface area (Å²) in [7, 11) is 0. The Labute approximate surface area is 70.6 Å². The van der Waals surface area contributed by atoms with E-state index < -0.39 is 6.10 Å². The molecule has 1 aromatic heterocycles. The first-order valence-corrected chi connectivity index (χ1v) is 3.80. The predicted octanol–water partition coefficient (Wildman–Crippen LogP) is 0.125. The molecule has 0 fully saturated rings. The predicted molar refractivity (Wildman–Crippen MR) is 44.8 cm³/mol. The summed E-state index contributed by atoms with van der Waals surface area (Å²) in [5.74, 6) is -0.194. The highest BCUT2D eigenvalue weighted by Gasteiger charge is 2.05. The summed E-state index contributed by atoms with van der Waals surface area (Å²) in [5, 5.41) is 11.4. The fourth-order valence-electron chi connectivity index (χ4n) is 0.807. The van der Waals surface area contributed by atoms with Crippen LogP contribution in [0.25, 0.3) is 0 Å². The average Bonchev–Trinajstić information content (AvgIpc) is 2.51. The SMILES string of the molecule is C[C@@H](O)CNC(=O)c1ccc[nH]1. The molecule has 66 valence electrons. The van der Waals surface area contributed by atoms with Crippen LogP contribution in [0.3, 0.4) is 0 Å². The molecule has 1 atom stereocenters. The van der Waals surface area contributed by atoms with Gasteiger partial charge in [-0.05, 0) is 19.1 Å². The summed E-state index contributed by atoms with van der Waals surface area (Å²) in [6.45, 7) is 1.90. The molecule has 0 aliphatic carbocycles. The van der Waals surface area contributed by atoms with Crippen LogP contribution in [-0.2, 0) is 0 Å². The molecule has 1 heterocycles. The second-order valence-electron chi connectivity index (χ2n) is 2.64. The van der Waals surface area contributed by atoms with Crippen molar-refractivity contribution in [2.75, 3.05) is 6.54 Å². The molecule has 3 N–H and O–H groups in total. The highest BCUT2D eigenvalue weighted by atomic mass is 16.3. The van der Waals surface area contributed by atoms with Crippen molar-refractivity contribution in [2.45, 2.75) is 13.0 Å². The standard InChI is InChI=1S/C8H12N2O2/c1-6(11)5-10-8(12)7-3-2-4-9-7/h2-4,6,9,11H,5H2,1H3,(H,10,12)/t6-/m1/s1. The lowest BCUT2D eigenvalue weighted by atomic mass is 10.3. The number of hydrogen-bond acceptors (Lipinski definition) is 2. The van der Waals surface area contributed by atoms with Crippen molar-refractivity contribution in [1.82, 2.24) is 10.3 Å². The number of hydrogen-bond donors (Lipinski definition) is 3. The van der Waals surface area contributed by atoms with Gasteiger partial charge in [0, 0.05) is 12.7 Å². The maximum absolute atomic E-state index is 11.2. The Morgan fingerprint density at radius 2 is 2.58 bits per heavy atom. The number of carbonyl (C=O) groups is 1. The van der Waals surface area contributed by atoms with Gasteiger partial charge in [0.25, 0.3) is 5.91 Å². The van der Waals surface area contributed by atoms with Gasteiger partial charge in [0.15, 0.2) is 0 Å². The van der Waals surface area contributed by atoms with Crippen molar-refractivity contribution < 1.29 is 9.90 Å². The Morgan fingerprint density at radius 3 is 3.08 bits per heavy atom. The summed E-state index contributed by atoms with van der Waals surface area (Å²) in [6, 6.07) is 3.43. The van der Waals surface area contributed by atoms with Gasteiger partial charge in [-0.2, -0.15) is 0 Å². The van der Waals surface area contributed by atoms with Gasteiger partial charge in [-0.15, -0.1) is 0 Å². The molecule has 1 amide bonds. The Bertz CT molecular complexity index is 242. The summed E-state index contributed by atoms with van der Waals surface area (Å²) < 4.78 is 0. The molecular weight excluding hydrogens is 156 g/mol. The number of aromatic amines is 1. The quantitative estimate of drug-likeness (QED) is 0.600. The molecule has 1 aromatic rings. The highest BCUT2D eigenvalue weighted by molar-refractivity contribution is 5.92. The Hall–Kier alpha value is -1.29. The van der Waals surface area contributed by atoms with Gasteiger partial charge in [0.1, 0.15) is 5.69 Å². The van der Waals surface area contributed by atoms with Crippen molar-refractivity contribution in [1.29, 1.82) is 0 Å². The van der Waals surface area contributed by atoms with Crippen LogP contribution < -0.4 is 5.32 Å². The largest absolute Gasteiger partial charge is 0.392 e. The fourth-order valence-corrected chi connectivity index (χ4v) is 0.807. The first-order chi connectivity index (χ1) is 5.70. The van der Waals surface area contributed by atoms with Crippen molar-refractivity contribution in [3.63, 3.8) is 0 Å². The third-order valence-corrected chi connectivity index (χ3v) is 1.40. The molecule has 0 bridgehead atoms. The second-order valence-corrected chi connectivity index (χ2v) is 2.64. The van der Waals surface area contributed by atoms with Gasteiger partial charge in [-0.3, -0.25) is 4.79 Å². The zero-order valence-electron chi connectivity index (χ0n) is 6.87. The highest BCUT2D eigenvalue weighted by Crippen LogP contribution is 1.93. The molecule has 0 saturated carbocycles. The Kier molecular flexibility index (Phi) is 2.88. The van der Waals surface area contributed by atoms with E-state index in [0.29, 0.717) is 5.69 Å². The number of nitrogens with one attached hydrogen (secondary N) is 2. The molecule has 1 rings (SSSR count). The maximum atomic E-state index is 11.2. The lowest BCUT2D eigenvalue weighted by molar-refractivity contribution is 0.0919. The number of amides is 1. The number of aliphatic hydroxyl groups is 1. The van der Waals surface area contributed by atoms with Crippen LogP contribution in [0, 0.1) is 0 Å². The maximum Gasteiger partial charge on any atom is 0.267 e. The molecule has 4 heteroatoms. The van der Waals surface area contributed by atoms with E-state index in [9.17, 15) is 4.79 Å². The van der Waals surface area contributed by atoms with Gasteiger partial charge >= 0.3 is 0 Å². The molecule has 0 aliphatic heterocycles. The van der Waals surface area contributed by atoms with E-state index in [1.165, 1.54) is 0 Å². The van der Waals surface area contributed by atoms with Crippen LogP contribution in [-0.4, -0.2) is 28.6 Å². The van der Waals surface area contributed by atoms with Crippen molar-refractivity contribution >= 4 is 5.91 Å². The third-order valence-electron chi connectivity index (χ3n) is 1.40. The molecule has 0 radical (unpaired) electrons. The van der Waals surface area contributed by atoms with Crippen molar-refractivity contribution in [2.24, 2.45) is 0 Å². The lowest BCUT2D eigenvalue weighted by Gasteiger charge is -2.04. The Morgan fingerprint density at radius 1 is 1.83 bits per heavy atom. The number of rotatable bonds is 3. The van der Waals surface area contributed by atoms with Gasteiger partial charge < -0.3 is 15.4 Å². The fraction of sp³-hybridized carbons (Fsp3) is 0.375. The zero-order valence-corrected chi connectivity index (χ0v) is 6.87. The van der Waals surface area contributed by atoms with Gasteiger partial charge in [-0.1, -0.05) is 0 Å². The van der Waals surface area contributed by atoms with E-state index in [4.69, 9.17) is 5.11 Å². The third kappa shape index (κ3) is 2.39.